The molecular formula is C19H16N4O3S. The first-order chi connectivity index (χ1) is 13.0. The lowest BCUT2D eigenvalue weighted by atomic mass is 10.1. The SMILES string of the molecule is CC(=NNC(=S)NN=Cc1ccccc1O)c1cc2ccccc2oc1=O. The molecule has 3 rings (SSSR count). The highest BCUT2D eigenvalue weighted by molar-refractivity contribution is 7.80. The van der Waals surface area contributed by atoms with Gasteiger partial charge in [0, 0.05) is 10.9 Å². The summed E-state index contributed by atoms with van der Waals surface area (Å²) in [5, 5.41) is 18.6. The first kappa shape index (κ1) is 18.3. The topological polar surface area (TPSA) is 99.2 Å². The summed E-state index contributed by atoms with van der Waals surface area (Å²) in [6.45, 7) is 1.67. The molecule has 1 aromatic heterocycles. The summed E-state index contributed by atoms with van der Waals surface area (Å²) in [6.07, 6.45) is 1.43. The number of aromatic hydroxyl groups is 1. The van der Waals surface area contributed by atoms with Crippen LogP contribution in [0, 0.1) is 0 Å². The summed E-state index contributed by atoms with van der Waals surface area (Å²) < 4.78 is 5.29. The normalized spacial score (nSPS) is 11.7. The van der Waals surface area contributed by atoms with Crippen molar-refractivity contribution in [1.29, 1.82) is 0 Å². The maximum atomic E-state index is 12.1. The van der Waals surface area contributed by atoms with Crippen LogP contribution < -0.4 is 16.5 Å². The lowest BCUT2D eigenvalue weighted by Gasteiger charge is -2.04. The molecule has 0 spiro atoms. The minimum atomic E-state index is -0.479. The molecule has 0 atom stereocenters. The van der Waals surface area contributed by atoms with Crippen LogP contribution in [0.15, 0.2) is 74.0 Å². The molecule has 0 fully saturated rings. The van der Waals surface area contributed by atoms with Crippen molar-refractivity contribution in [3.8, 4) is 5.75 Å². The van der Waals surface area contributed by atoms with Gasteiger partial charge in [-0.2, -0.15) is 10.2 Å². The molecule has 7 nitrogen and oxygen atoms in total. The Bertz CT molecular complexity index is 1110. The largest absolute Gasteiger partial charge is 0.507 e. The Morgan fingerprint density at radius 2 is 1.89 bits per heavy atom. The molecule has 0 saturated heterocycles. The number of benzene rings is 2. The zero-order valence-corrected chi connectivity index (χ0v) is 15.2. The Kier molecular flexibility index (Phi) is 5.58. The van der Waals surface area contributed by atoms with E-state index in [1.165, 1.54) is 6.21 Å². The number of hydrazone groups is 2. The van der Waals surface area contributed by atoms with E-state index in [4.69, 9.17) is 16.6 Å². The summed E-state index contributed by atoms with van der Waals surface area (Å²) in [4.78, 5) is 12.1. The van der Waals surface area contributed by atoms with Crippen molar-refractivity contribution in [3.05, 3.63) is 76.1 Å². The summed E-state index contributed by atoms with van der Waals surface area (Å²) in [6, 6.07) is 15.7. The van der Waals surface area contributed by atoms with Gasteiger partial charge in [0.1, 0.15) is 11.3 Å². The van der Waals surface area contributed by atoms with Crippen LogP contribution in [0.3, 0.4) is 0 Å². The van der Waals surface area contributed by atoms with Gasteiger partial charge >= 0.3 is 5.63 Å². The van der Waals surface area contributed by atoms with E-state index < -0.39 is 5.63 Å². The van der Waals surface area contributed by atoms with Crippen LogP contribution in [0.1, 0.15) is 18.1 Å². The van der Waals surface area contributed by atoms with Gasteiger partial charge in [0.2, 0.25) is 5.11 Å². The number of rotatable bonds is 4. The van der Waals surface area contributed by atoms with Gasteiger partial charge in [-0.3, -0.25) is 10.9 Å². The van der Waals surface area contributed by atoms with Crippen molar-refractivity contribution in [2.75, 3.05) is 0 Å². The van der Waals surface area contributed by atoms with Gasteiger partial charge in [-0.1, -0.05) is 30.3 Å². The third kappa shape index (κ3) is 4.56. The second-order valence-electron chi connectivity index (χ2n) is 5.55. The molecule has 136 valence electrons. The molecule has 0 saturated carbocycles. The third-order valence-electron chi connectivity index (χ3n) is 3.66. The van der Waals surface area contributed by atoms with Gasteiger partial charge in [0.25, 0.3) is 0 Å². The number of fused-ring (bicyclic) bond motifs is 1. The molecule has 3 N–H and O–H groups in total. The first-order valence-electron chi connectivity index (χ1n) is 7.99. The van der Waals surface area contributed by atoms with Gasteiger partial charge in [0.15, 0.2) is 0 Å². The fourth-order valence-electron chi connectivity index (χ4n) is 2.29. The standard InChI is InChI=1S/C19H16N4O3S/c1-12(15-10-13-6-3-5-9-17(13)26-18(15)25)21-23-19(27)22-20-11-14-7-2-4-8-16(14)24/h2-11,24H,1H3,(H2,22,23,27). The number of nitrogens with one attached hydrogen (secondary N) is 2. The van der Waals surface area contributed by atoms with Gasteiger partial charge < -0.3 is 9.52 Å². The number of hydrogen-bond acceptors (Lipinski definition) is 6. The van der Waals surface area contributed by atoms with Crippen molar-refractivity contribution in [1.82, 2.24) is 10.9 Å². The third-order valence-corrected chi connectivity index (χ3v) is 3.85. The average molecular weight is 380 g/mol. The highest BCUT2D eigenvalue weighted by Crippen LogP contribution is 2.13. The maximum Gasteiger partial charge on any atom is 0.345 e. The van der Waals surface area contributed by atoms with Gasteiger partial charge in [-0.05, 0) is 43.4 Å². The Morgan fingerprint density at radius 3 is 2.70 bits per heavy atom. The number of thiocarbonyl (C=S) groups is 1. The predicted molar refractivity (Wildman–Crippen MR) is 109 cm³/mol. The molecule has 8 heteroatoms. The van der Waals surface area contributed by atoms with Crippen LogP contribution in [-0.4, -0.2) is 22.1 Å². The van der Waals surface area contributed by atoms with E-state index in [0.717, 1.165) is 5.39 Å². The Morgan fingerprint density at radius 1 is 1.15 bits per heavy atom. The zero-order chi connectivity index (χ0) is 19.2. The van der Waals surface area contributed by atoms with Crippen LogP contribution in [-0.2, 0) is 0 Å². The fourth-order valence-corrected chi connectivity index (χ4v) is 2.39. The van der Waals surface area contributed by atoms with E-state index in [0.29, 0.717) is 22.4 Å². The van der Waals surface area contributed by atoms with Crippen LogP contribution >= 0.6 is 12.2 Å². The van der Waals surface area contributed by atoms with Crippen molar-refractivity contribution < 1.29 is 9.52 Å². The Hall–Kier alpha value is -3.52. The number of para-hydroxylation sites is 2. The number of phenols is 1. The van der Waals surface area contributed by atoms with Gasteiger partial charge in [-0.25, -0.2) is 4.79 Å². The maximum absolute atomic E-state index is 12.1. The van der Waals surface area contributed by atoms with Crippen LogP contribution in [0.25, 0.3) is 11.0 Å². The molecule has 3 aromatic rings. The zero-order valence-electron chi connectivity index (χ0n) is 14.3. The first-order valence-corrected chi connectivity index (χ1v) is 8.40. The lowest BCUT2D eigenvalue weighted by molar-refractivity contribution is 0.474. The number of nitrogens with zero attached hydrogens (tertiary/aromatic N) is 2. The van der Waals surface area contributed by atoms with Crippen LogP contribution in [0.2, 0.25) is 0 Å². The van der Waals surface area contributed by atoms with Crippen molar-refractivity contribution >= 4 is 40.2 Å². The van der Waals surface area contributed by atoms with Crippen LogP contribution in [0.4, 0.5) is 0 Å². The molecular weight excluding hydrogens is 364 g/mol. The number of hydrogen-bond donors (Lipinski definition) is 3. The lowest BCUT2D eigenvalue weighted by Crippen LogP contribution is -2.29. The van der Waals surface area contributed by atoms with E-state index >= 15 is 0 Å². The Balaban J connectivity index is 1.67. The summed E-state index contributed by atoms with van der Waals surface area (Å²) >= 11 is 5.07. The monoisotopic (exact) mass is 380 g/mol. The van der Waals surface area contributed by atoms with E-state index in [2.05, 4.69) is 21.1 Å². The van der Waals surface area contributed by atoms with E-state index in [1.54, 1.807) is 49.4 Å². The molecule has 0 amide bonds. The van der Waals surface area contributed by atoms with Crippen molar-refractivity contribution in [3.63, 3.8) is 0 Å². The minimum absolute atomic E-state index is 0.110. The van der Waals surface area contributed by atoms with E-state index in [9.17, 15) is 9.90 Å². The molecule has 0 radical (unpaired) electrons. The summed E-state index contributed by atoms with van der Waals surface area (Å²) in [5.74, 6) is 0.110. The quantitative estimate of drug-likeness (QED) is 0.279. The summed E-state index contributed by atoms with van der Waals surface area (Å²) in [7, 11) is 0. The molecule has 2 aromatic carbocycles. The molecule has 0 aliphatic heterocycles. The highest BCUT2D eigenvalue weighted by atomic mass is 32.1. The predicted octanol–water partition coefficient (Wildman–Crippen LogP) is 2.72. The molecule has 0 bridgehead atoms. The average Bonchev–Trinajstić information content (AvgIpc) is 2.67. The summed E-state index contributed by atoms with van der Waals surface area (Å²) in [5.41, 5.74) is 6.52. The fraction of sp³-hybridized carbons (Fsp3) is 0.0526. The van der Waals surface area contributed by atoms with E-state index in [-0.39, 0.29) is 10.9 Å². The molecule has 1 heterocycles. The molecule has 0 unspecified atom stereocenters. The molecule has 0 aliphatic rings. The number of phenolic OH excluding ortho intramolecular Hbond substituents is 1. The smallest absolute Gasteiger partial charge is 0.345 e. The van der Waals surface area contributed by atoms with Crippen molar-refractivity contribution in [2.24, 2.45) is 10.2 Å². The van der Waals surface area contributed by atoms with Gasteiger partial charge in [-0.15, -0.1) is 0 Å². The second-order valence-corrected chi connectivity index (χ2v) is 5.96. The second kappa shape index (κ2) is 8.24. The van der Waals surface area contributed by atoms with Gasteiger partial charge in [0.05, 0.1) is 17.5 Å². The van der Waals surface area contributed by atoms with Crippen LogP contribution in [0.5, 0.6) is 5.75 Å². The highest BCUT2D eigenvalue weighted by Gasteiger charge is 2.08. The Labute approximate surface area is 160 Å². The molecule has 0 aliphatic carbocycles. The minimum Gasteiger partial charge on any atom is -0.507 e. The van der Waals surface area contributed by atoms with Crippen molar-refractivity contribution in [2.45, 2.75) is 6.92 Å². The van der Waals surface area contributed by atoms with E-state index in [1.807, 2.05) is 12.1 Å². The molecule has 27 heavy (non-hydrogen) atoms.